The van der Waals surface area contributed by atoms with Crippen molar-refractivity contribution in [1.29, 1.82) is 0 Å². The zero-order valence-electron chi connectivity index (χ0n) is 15.4. The van der Waals surface area contributed by atoms with E-state index >= 15 is 0 Å². The van der Waals surface area contributed by atoms with Crippen LogP contribution in [0.2, 0.25) is 0 Å². The highest BCUT2D eigenvalue weighted by Gasteiger charge is 2.21. The third-order valence-corrected chi connectivity index (χ3v) is 4.17. The molecule has 0 bridgehead atoms. The SMILES string of the molecule is CCNC(=NCC1COc2ccccc2O1)NCCCOCC1CC1.I. The number of para-hydroxylation sites is 2. The van der Waals surface area contributed by atoms with Crippen molar-refractivity contribution in [3.8, 4) is 11.5 Å². The number of ether oxygens (including phenoxy) is 3. The number of rotatable bonds is 9. The molecule has 146 valence electrons. The van der Waals surface area contributed by atoms with Crippen LogP contribution < -0.4 is 20.1 Å². The van der Waals surface area contributed by atoms with E-state index in [0.29, 0.717) is 13.2 Å². The Bertz CT molecular complexity index is 567. The second kappa shape index (κ2) is 11.5. The molecular weight excluding hydrogens is 445 g/mol. The number of fused-ring (bicyclic) bond motifs is 1. The van der Waals surface area contributed by atoms with Crippen LogP contribution in [0.4, 0.5) is 0 Å². The zero-order chi connectivity index (χ0) is 17.3. The topological polar surface area (TPSA) is 64.1 Å². The molecule has 2 N–H and O–H groups in total. The van der Waals surface area contributed by atoms with E-state index in [9.17, 15) is 0 Å². The van der Waals surface area contributed by atoms with Crippen LogP contribution >= 0.6 is 24.0 Å². The maximum absolute atomic E-state index is 5.94. The molecule has 1 aromatic rings. The lowest BCUT2D eigenvalue weighted by molar-refractivity contribution is 0.0971. The van der Waals surface area contributed by atoms with Crippen molar-refractivity contribution in [2.24, 2.45) is 10.9 Å². The van der Waals surface area contributed by atoms with E-state index in [1.54, 1.807) is 0 Å². The van der Waals surface area contributed by atoms with Crippen LogP contribution in [0.15, 0.2) is 29.3 Å². The van der Waals surface area contributed by atoms with Crippen molar-refractivity contribution in [3.63, 3.8) is 0 Å². The summed E-state index contributed by atoms with van der Waals surface area (Å²) in [6, 6.07) is 7.75. The molecule has 0 spiro atoms. The molecule has 7 heteroatoms. The Morgan fingerprint density at radius 2 is 2.04 bits per heavy atom. The van der Waals surface area contributed by atoms with Gasteiger partial charge in [0.1, 0.15) is 6.61 Å². The fourth-order valence-electron chi connectivity index (χ4n) is 2.60. The van der Waals surface area contributed by atoms with Gasteiger partial charge in [-0.1, -0.05) is 12.1 Å². The first-order valence-electron chi connectivity index (χ1n) is 9.33. The van der Waals surface area contributed by atoms with Crippen molar-refractivity contribution in [3.05, 3.63) is 24.3 Å². The minimum atomic E-state index is -0.0627. The van der Waals surface area contributed by atoms with Crippen molar-refractivity contribution in [1.82, 2.24) is 10.6 Å². The van der Waals surface area contributed by atoms with Crippen molar-refractivity contribution < 1.29 is 14.2 Å². The van der Waals surface area contributed by atoms with Crippen LogP contribution in [0.3, 0.4) is 0 Å². The number of halogens is 1. The van der Waals surface area contributed by atoms with Crippen molar-refractivity contribution in [2.75, 3.05) is 39.5 Å². The lowest BCUT2D eigenvalue weighted by Crippen LogP contribution is -2.40. The molecule has 1 saturated carbocycles. The summed E-state index contributed by atoms with van der Waals surface area (Å²) in [6.07, 6.45) is 3.60. The highest BCUT2D eigenvalue weighted by atomic mass is 127. The second-order valence-electron chi connectivity index (χ2n) is 6.52. The number of nitrogens with zero attached hydrogens (tertiary/aromatic N) is 1. The molecule has 3 rings (SSSR count). The predicted molar refractivity (Wildman–Crippen MR) is 114 cm³/mol. The Kier molecular flexibility index (Phi) is 9.31. The summed E-state index contributed by atoms with van der Waals surface area (Å²) in [5.74, 6) is 3.24. The van der Waals surface area contributed by atoms with Crippen LogP contribution in [0.25, 0.3) is 0 Å². The van der Waals surface area contributed by atoms with Crippen molar-refractivity contribution >= 4 is 29.9 Å². The average Bonchev–Trinajstić information content (AvgIpc) is 3.46. The summed E-state index contributed by atoms with van der Waals surface area (Å²) in [4.78, 5) is 4.61. The summed E-state index contributed by atoms with van der Waals surface area (Å²) in [7, 11) is 0. The molecule has 1 fully saturated rings. The predicted octanol–water partition coefficient (Wildman–Crippen LogP) is 2.82. The third-order valence-electron chi connectivity index (χ3n) is 4.17. The molecule has 0 aromatic heterocycles. The molecule has 1 aliphatic heterocycles. The number of aliphatic imine (C=N–C) groups is 1. The van der Waals surface area contributed by atoms with Crippen molar-refractivity contribution in [2.45, 2.75) is 32.3 Å². The van der Waals surface area contributed by atoms with E-state index < -0.39 is 0 Å². The number of hydrogen-bond donors (Lipinski definition) is 2. The van der Waals surface area contributed by atoms with E-state index in [2.05, 4.69) is 22.5 Å². The summed E-state index contributed by atoms with van der Waals surface area (Å²) in [5.41, 5.74) is 0. The minimum Gasteiger partial charge on any atom is -0.486 e. The average molecular weight is 475 g/mol. The molecule has 0 amide bonds. The van der Waals surface area contributed by atoms with E-state index in [-0.39, 0.29) is 30.1 Å². The van der Waals surface area contributed by atoms with Gasteiger partial charge in [-0.3, -0.25) is 0 Å². The van der Waals surface area contributed by atoms with Gasteiger partial charge in [-0.15, -0.1) is 24.0 Å². The first kappa shape index (κ1) is 21.1. The van der Waals surface area contributed by atoms with E-state index in [1.807, 2.05) is 24.3 Å². The lowest BCUT2D eigenvalue weighted by Gasteiger charge is -2.25. The summed E-state index contributed by atoms with van der Waals surface area (Å²) < 4.78 is 17.3. The molecule has 0 radical (unpaired) electrons. The van der Waals surface area contributed by atoms with E-state index in [1.165, 1.54) is 12.8 Å². The molecule has 1 aliphatic carbocycles. The Hall–Kier alpha value is -1.22. The van der Waals surface area contributed by atoms with Gasteiger partial charge in [0.05, 0.1) is 6.54 Å². The Morgan fingerprint density at radius 3 is 2.81 bits per heavy atom. The van der Waals surface area contributed by atoms with Gasteiger partial charge >= 0.3 is 0 Å². The smallest absolute Gasteiger partial charge is 0.191 e. The number of guanidine groups is 1. The first-order valence-corrected chi connectivity index (χ1v) is 9.33. The summed E-state index contributed by atoms with van der Waals surface area (Å²) in [6.45, 7) is 6.55. The van der Waals surface area contributed by atoms with Crippen LogP contribution in [0.5, 0.6) is 11.5 Å². The fraction of sp³-hybridized carbons (Fsp3) is 0.632. The van der Waals surface area contributed by atoms with E-state index in [0.717, 1.165) is 56.1 Å². The third kappa shape index (κ3) is 7.19. The molecule has 26 heavy (non-hydrogen) atoms. The largest absolute Gasteiger partial charge is 0.486 e. The Balaban J connectivity index is 0.00000243. The molecule has 1 aromatic carbocycles. The van der Waals surface area contributed by atoms with Gasteiger partial charge in [0, 0.05) is 26.3 Å². The van der Waals surface area contributed by atoms with Crippen LogP contribution in [-0.4, -0.2) is 51.5 Å². The quantitative estimate of drug-likeness (QED) is 0.249. The lowest BCUT2D eigenvalue weighted by atomic mass is 10.2. The molecular formula is C19H30IN3O3. The highest BCUT2D eigenvalue weighted by molar-refractivity contribution is 14.0. The van der Waals surface area contributed by atoms with Crippen LogP contribution in [-0.2, 0) is 4.74 Å². The maximum atomic E-state index is 5.94. The normalized spacial score (nSPS) is 18.8. The van der Waals surface area contributed by atoms with Crippen LogP contribution in [0.1, 0.15) is 26.2 Å². The van der Waals surface area contributed by atoms with Gasteiger partial charge in [0.2, 0.25) is 0 Å². The van der Waals surface area contributed by atoms with Gasteiger partial charge in [-0.25, -0.2) is 4.99 Å². The molecule has 1 atom stereocenters. The first-order chi connectivity index (χ1) is 12.3. The standard InChI is InChI=1S/C19H29N3O3.HI/c1-2-20-19(21-10-5-11-23-13-15-8-9-15)22-12-16-14-24-17-6-3-4-7-18(17)25-16;/h3-4,6-7,15-16H,2,5,8-14H2,1H3,(H2,20,21,22);1H. The van der Waals surface area contributed by atoms with Gasteiger partial charge in [-0.2, -0.15) is 0 Å². The number of benzene rings is 1. The van der Waals surface area contributed by atoms with Gasteiger partial charge in [0.15, 0.2) is 23.6 Å². The number of nitrogens with one attached hydrogen (secondary N) is 2. The van der Waals surface area contributed by atoms with E-state index in [4.69, 9.17) is 14.2 Å². The molecule has 1 heterocycles. The Labute approximate surface area is 173 Å². The summed E-state index contributed by atoms with van der Waals surface area (Å²) in [5, 5.41) is 6.61. The second-order valence-corrected chi connectivity index (χ2v) is 6.52. The Morgan fingerprint density at radius 1 is 1.23 bits per heavy atom. The highest BCUT2D eigenvalue weighted by Crippen LogP contribution is 2.30. The van der Waals surface area contributed by atoms with Crippen LogP contribution in [0, 0.1) is 5.92 Å². The fourth-order valence-corrected chi connectivity index (χ4v) is 2.60. The molecule has 2 aliphatic rings. The monoisotopic (exact) mass is 475 g/mol. The maximum Gasteiger partial charge on any atom is 0.191 e. The van der Waals surface area contributed by atoms with Gasteiger partial charge in [0.25, 0.3) is 0 Å². The van der Waals surface area contributed by atoms with Gasteiger partial charge < -0.3 is 24.8 Å². The molecule has 0 saturated heterocycles. The van der Waals surface area contributed by atoms with Gasteiger partial charge in [-0.05, 0) is 44.2 Å². The minimum absolute atomic E-state index is 0. The summed E-state index contributed by atoms with van der Waals surface area (Å²) >= 11 is 0. The number of hydrogen-bond acceptors (Lipinski definition) is 4. The molecule has 1 unspecified atom stereocenters. The molecule has 6 nitrogen and oxygen atoms in total. The zero-order valence-corrected chi connectivity index (χ0v) is 17.7.